The summed E-state index contributed by atoms with van der Waals surface area (Å²) in [4.78, 5) is 39.6. The van der Waals surface area contributed by atoms with Crippen LogP contribution in [0.25, 0.3) is 6.08 Å². The number of hydrogen-bond donors (Lipinski definition) is 3. The van der Waals surface area contributed by atoms with Gasteiger partial charge in [0.25, 0.3) is 11.8 Å². The average Bonchev–Trinajstić information content (AvgIpc) is 2.98. The van der Waals surface area contributed by atoms with Crippen LogP contribution in [-0.4, -0.2) is 30.6 Å². The summed E-state index contributed by atoms with van der Waals surface area (Å²) in [5.74, 6) is -0.192. The minimum absolute atomic E-state index is 0.0676. The Hall–Kier alpha value is -4.82. The molecule has 3 amide bonds. The first kappa shape index (κ1) is 29.2. The van der Waals surface area contributed by atoms with E-state index in [1.165, 1.54) is 11.8 Å². The summed E-state index contributed by atoms with van der Waals surface area (Å²) in [5, 5.41) is 8.54. The Balaban J connectivity index is 1.46. The molecule has 4 aromatic rings. The molecule has 208 valence electrons. The highest BCUT2D eigenvalue weighted by Crippen LogP contribution is 2.23. The van der Waals surface area contributed by atoms with Gasteiger partial charge in [-0.15, -0.1) is 11.8 Å². The second-order valence-corrected chi connectivity index (χ2v) is 10.3. The molecule has 4 rings (SSSR count). The molecule has 0 heterocycles. The van der Waals surface area contributed by atoms with Crippen LogP contribution in [0.5, 0.6) is 5.75 Å². The molecule has 4 aromatic carbocycles. The molecule has 8 heteroatoms. The van der Waals surface area contributed by atoms with Gasteiger partial charge in [-0.2, -0.15) is 0 Å². The maximum atomic E-state index is 13.4. The van der Waals surface area contributed by atoms with Crippen LogP contribution in [0.4, 0.5) is 11.4 Å². The molecule has 0 aliphatic carbocycles. The topological polar surface area (TPSA) is 96.5 Å². The molecule has 0 aliphatic rings. The Labute approximate surface area is 244 Å². The van der Waals surface area contributed by atoms with Crippen molar-refractivity contribution in [3.63, 3.8) is 0 Å². The second kappa shape index (κ2) is 14.0. The first-order valence-electron chi connectivity index (χ1n) is 12.9. The molecule has 0 bridgehead atoms. The monoisotopic (exact) mass is 565 g/mol. The fraction of sp³-hybridized carbons (Fsp3) is 0.121. The Morgan fingerprint density at radius 2 is 1.61 bits per heavy atom. The zero-order valence-corrected chi connectivity index (χ0v) is 23.9. The van der Waals surface area contributed by atoms with E-state index in [0.717, 1.165) is 21.7 Å². The van der Waals surface area contributed by atoms with Crippen molar-refractivity contribution in [3.05, 3.63) is 125 Å². The van der Waals surface area contributed by atoms with Gasteiger partial charge in [-0.1, -0.05) is 54.1 Å². The Morgan fingerprint density at radius 1 is 0.829 bits per heavy atom. The van der Waals surface area contributed by atoms with Gasteiger partial charge in [0.2, 0.25) is 5.91 Å². The number of rotatable bonds is 10. The van der Waals surface area contributed by atoms with Crippen LogP contribution in [0.2, 0.25) is 0 Å². The van der Waals surface area contributed by atoms with Crippen molar-refractivity contribution in [2.75, 3.05) is 23.5 Å². The van der Waals surface area contributed by atoms with Crippen LogP contribution in [0, 0.1) is 13.8 Å². The number of carbonyl (C=O) groups excluding carboxylic acids is 3. The molecule has 41 heavy (non-hydrogen) atoms. The average molecular weight is 566 g/mol. The number of methoxy groups -OCH3 is 1. The largest absolute Gasteiger partial charge is 0.497 e. The number of thioether (sulfide) groups is 1. The third-order valence-corrected chi connectivity index (χ3v) is 7.05. The molecule has 0 aliphatic heterocycles. The molecule has 0 saturated heterocycles. The van der Waals surface area contributed by atoms with E-state index in [2.05, 4.69) is 16.0 Å². The highest BCUT2D eigenvalue weighted by Gasteiger charge is 2.16. The zero-order chi connectivity index (χ0) is 29.2. The molecule has 0 unspecified atom stereocenters. The molecule has 0 aromatic heterocycles. The number of aryl methyl sites for hydroxylation is 2. The molecular weight excluding hydrogens is 534 g/mol. The van der Waals surface area contributed by atoms with E-state index in [4.69, 9.17) is 4.74 Å². The van der Waals surface area contributed by atoms with E-state index in [1.807, 2.05) is 50.2 Å². The SMILES string of the molecule is COc1cccc(/C=C(\NC(=O)c2ccccc2)C(=O)Nc2cccc(SCC(=O)Nc3ccc(C)cc3C)c2)c1. The Bertz CT molecular complexity index is 1580. The summed E-state index contributed by atoms with van der Waals surface area (Å²) >= 11 is 1.36. The molecule has 0 fully saturated rings. The van der Waals surface area contributed by atoms with Crippen molar-refractivity contribution in [1.82, 2.24) is 5.32 Å². The van der Waals surface area contributed by atoms with Gasteiger partial charge in [0.1, 0.15) is 11.4 Å². The summed E-state index contributed by atoms with van der Waals surface area (Å²) in [6, 6.07) is 28.9. The van der Waals surface area contributed by atoms with Crippen LogP contribution >= 0.6 is 11.8 Å². The highest BCUT2D eigenvalue weighted by atomic mass is 32.2. The highest BCUT2D eigenvalue weighted by molar-refractivity contribution is 8.00. The lowest BCUT2D eigenvalue weighted by Gasteiger charge is -2.13. The summed E-state index contributed by atoms with van der Waals surface area (Å²) in [6.07, 6.45) is 1.59. The number of hydrogen-bond acceptors (Lipinski definition) is 5. The van der Waals surface area contributed by atoms with Crippen LogP contribution in [0.3, 0.4) is 0 Å². The first-order valence-corrected chi connectivity index (χ1v) is 13.9. The van der Waals surface area contributed by atoms with Crippen molar-refractivity contribution in [3.8, 4) is 5.75 Å². The van der Waals surface area contributed by atoms with Gasteiger partial charge >= 0.3 is 0 Å². The first-order chi connectivity index (χ1) is 19.8. The number of ether oxygens (including phenoxy) is 1. The summed E-state index contributed by atoms with van der Waals surface area (Å²) in [6.45, 7) is 3.97. The van der Waals surface area contributed by atoms with E-state index >= 15 is 0 Å². The summed E-state index contributed by atoms with van der Waals surface area (Å²) < 4.78 is 5.29. The molecule has 0 spiro atoms. The van der Waals surface area contributed by atoms with E-state index in [-0.39, 0.29) is 17.4 Å². The van der Waals surface area contributed by atoms with Gasteiger partial charge in [0.15, 0.2) is 0 Å². The smallest absolute Gasteiger partial charge is 0.272 e. The molecule has 0 atom stereocenters. The third kappa shape index (κ3) is 8.58. The zero-order valence-electron chi connectivity index (χ0n) is 23.1. The lowest BCUT2D eigenvalue weighted by molar-refractivity contribution is -0.114. The number of benzene rings is 4. The number of amides is 3. The predicted molar refractivity (Wildman–Crippen MR) is 165 cm³/mol. The van der Waals surface area contributed by atoms with Crippen LogP contribution in [-0.2, 0) is 9.59 Å². The van der Waals surface area contributed by atoms with E-state index < -0.39 is 11.8 Å². The summed E-state index contributed by atoms with van der Waals surface area (Å²) in [7, 11) is 1.56. The fourth-order valence-electron chi connectivity index (χ4n) is 3.99. The lowest BCUT2D eigenvalue weighted by Crippen LogP contribution is -2.30. The van der Waals surface area contributed by atoms with E-state index in [0.29, 0.717) is 22.6 Å². The Kier molecular flexibility index (Phi) is 9.96. The van der Waals surface area contributed by atoms with Crippen LogP contribution < -0.4 is 20.7 Å². The number of nitrogens with one attached hydrogen (secondary N) is 3. The number of anilines is 2. The van der Waals surface area contributed by atoms with Crippen molar-refractivity contribution in [1.29, 1.82) is 0 Å². The number of carbonyl (C=O) groups is 3. The predicted octanol–water partition coefficient (Wildman–Crippen LogP) is 6.45. The molecule has 0 radical (unpaired) electrons. The van der Waals surface area contributed by atoms with Gasteiger partial charge in [-0.3, -0.25) is 14.4 Å². The Morgan fingerprint density at radius 3 is 2.37 bits per heavy atom. The maximum Gasteiger partial charge on any atom is 0.272 e. The van der Waals surface area contributed by atoms with Crippen molar-refractivity contribution >= 4 is 46.9 Å². The van der Waals surface area contributed by atoms with Crippen LogP contribution in [0.1, 0.15) is 27.0 Å². The van der Waals surface area contributed by atoms with E-state index in [9.17, 15) is 14.4 Å². The molecule has 0 saturated carbocycles. The second-order valence-electron chi connectivity index (χ2n) is 9.29. The van der Waals surface area contributed by atoms with Crippen LogP contribution in [0.15, 0.2) is 108 Å². The van der Waals surface area contributed by atoms with Gasteiger partial charge < -0.3 is 20.7 Å². The maximum absolute atomic E-state index is 13.4. The molecule has 3 N–H and O–H groups in total. The summed E-state index contributed by atoms with van der Waals surface area (Å²) in [5.41, 5.74) is 4.63. The molecule has 7 nitrogen and oxygen atoms in total. The van der Waals surface area contributed by atoms with Gasteiger partial charge in [-0.25, -0.2) is 0 Å². The minimum Gasteiger partial charge on any atom is -0.497 e. The lowest BCUT2D eigenvalue weighted by atomic mass is 10.1. The van der Waals surface area contributed by atoms with Crippen molar-refractivity contribution in [2.45, 2.75) is 18.7 Å². The standard InChI is InChI=1S/C33H31N3O4S/c1-22-15-16-29(23(2)17-22)35-31(37)21-41-28-14-8-12-26(20-28)34-33(39)30(19-24-9-7-13-27(18-24)40-3)36-32(38)25-10-5-4-6-11-25/h4-20H,21H2,1-3H3,(H,34,39)(H,35,37)(H,36,38)/b30-19-. The normalized spacial score (nSPS) is 11.0. The van der Waals surface area contributed by atoms with Gasteiger partial charge in [0, 0.05) is 21.8 Å². The molecular formula is C33H31N3O4S. The fourth-order valence-corrected chi connectivity index (χ4v) is 4.75. The quantitative estimate of drug-likeness (QED) is 0.152. The van der Waals surface area contributed by atoms with E-state index in [1.54, 1.807) is 73.8 Å². The van der Waals surface area contributed by atoms with Crippen molar-refractivity contribution in [2.24, 2.45) is 0 Å². The van der Waals surface area contributed by atoms with Crippen molar-refractivity contribution < 1.29 is 19.1 Å². The third-order valence-electron chi connectivity index (χ3n) is 6.05. The minimum atomic E-state index is -0.494. The van der Waals surface area contributed by atoms with Gasteiger partial charge in [0.05, 0.1) is 12.9 Å². The van der Waals surface area contributed by atoms with Gasteiger partial charge in [-0.05, 0) is 79.6 Å².